The van der Waals surface area contributed by atoms with Crippen molar-refractivity contribution < 1.29 is 8.81 Å². The summed E-state index contributed by atoms with van der Waals surface area (Å²) in [6, 6.07) is 10.2. The van der Waals surface area contributed by atoms with E-state index in [2.05, 4.69) is 4.98 Å². The molecule has 3 nitrogen and oxygen atoms in total. The van der Waals surface area contributed by atoms with Crippen LogP contribution >= 0.6 is 0 Å². The van der Waals surface area contributed by atoms with Gasteiger partial charge >= 0.3 is 0 Å². The zero-order valence-corrected chi connectivity index (χ0v) is 11.1. The van der Waals surface area contributed by atoms with Crippen LogP contribution in [0.15, 0.2) is 45.6 Å². The molecule has 1 atom stereocenters. The molecular weight excluding hydrogens is 257 g/mol. The highest BCUT2D eigenvalue weighted by molar-refractivity contribution is 5.87. The molecule has 1 aromatic carbocycles. The highest BCUT2D eigenvalue weighted by atomic mass is 19.1. The summed E-state index contributed by atoms with van der Waals surface area (Å²) < 4.78 is 19.5. The zero-order valence-electron chi connectivity index (χ0n) is 11.1. The van der Waals surface area contributed by atoms with E-state index in [9.17, 15) is 9.18 Å². The van der Waals surface area contributed by atoms with Crippen molar-refractivity contribution >= 4 is 22.1 Å². The Bertz CT molecular complexity index is 825. The number of fused-ring (bicyclic) bond motifs is 2. The van der Waals surface area contributed by atoms with Crippen molar-refractivity contribution in [3.63, 3.8) is 0 Å². The van der Waals surface area contributed by atoms with E-state index in [1.165, 1.54) is 0 Å². The number of alkyl halides is 1. The van der Waals surface area contributed by atoms with Crippen LogP contribution in [0.3, 0.4) is 0 Å². The van der Waals surface area contributed by atoms with Crippen LogP contribution in [0.25, 0.3) is 22.1 Å². The van der Waals surface area contributed by atoms with Crippen molar-refractivity contribution in [1.82, 2.24) is 4.98 Å². The van der Waals surface area contributed by atoms with E-state index >= 15 is 0 Å². The topological polar surface area (TPSA) is 43.1 Å². The highest BCUT2D eigenvalue weighted by Crippen LogP contribution is 2.24. The summed E-state index contributed by atoms with van der Waals surface area (Å²) in [6.07, 6.45) is 0.0277. The summed E-state index contributed by atoms with van der Waals surface area (Å²) >= 11 is 0. The molecular formula is C16H14FNO2. The Kier molecular flexibility index (Phi) is 3.22. The molecule has 0 aliphatic carbocycles. The summed E-state index contributed by atoms with van der Waals surface area (Å²) in [5, 5.41) is 0.899. The van der Waals surface area contributed by atoms with Crippen LogP contribution in [0.2, 0.25) is 0 Å². The summed E-state index contributed by atoms with van der Waals surface area (Å²) in [4.78, 5) is 16.5. The van der Waals surface area contributed by atoms with Gasteiger partial charge in [-0.25, -0.2) is 9.37 Å². The third-order valence-electron chi connectivity index (χ3n) is 3.33. The SMILES string of the molecule is CCCC(F)c1ccc2c(=O)c3ccccc3oc2n1. The minimum absolute atomic E-state index is 0.133. The lowest BCUT2D eigenvalue weighted by Crippen LogP contribution is -2.04. The maximum absolute atomic E-state index is 13.9. The molecule has 0 N–H and O–H groups in total. The lowest BCUT2D eigenvalue weighted by atomic mass is 10.1. The summed E-state index contributed by atoms with van der Waals surface area (Å²) in [6.45, 7) is 1.92. The molecule has 0 bridgehead atoms. The Balaban J connectivity index is 2.24. The van der Waals surface area contributed by atoms with Crippen LogP contribution in [-0.4, -0.2) is 4.98 Å². The fraction of sp³-hybridized carbons (Fsp3) is 0.250. The molecule has 0 fully saturated rings. The molecule has 0 amide bonds. The number of nitrogens with zero attached hydrogens (tertiary/aromatic N) is 1. The van der Waals surface area contributed by atoms with Gasteiger partial charge < -0.3 is 4.42 Å². The van der Waals surface area contributed by atoms with Crippen LogP contribution in [0.4, 0.5) is 4.39 Å². The van der Waals surface area contributed by atoms with Gasteiger partial charge in [-0.05, 0) is 30.7 Å². The molecule has 3 rings (SSSR count). The highest BCUT2D eigenvalue weighted by Gasteiger charge is 2.14. The minimum atomic E-state index is -1.12. The van der Waals surface area contributed by atoms with Crippen molar-refractivity contribution in [1.29, 1.82) is 0 Å². The normalized spacial score (nSPS) is 12.9. The molecule has 102 valence electrons. The first-order chi connectivity index (χ1) is 9.70. The van der Waals surface area contributed by atoms with Gasteiger partial charge in [0.25, 0.3) is 0 Å². The number of hydrogen-bond acceptors (Lipinski definition) is 3. The molecule has 0 saturated carbocycles. The van der Waals surface area contributed by atoms with Crippen LogP contribution in [0.5, 0.6) is 0 Å². The van der Waals surface area contributed by atoms with Gasteiger partial charge in [-0.1, -0.05) is 25.5 Å². The monoisotopic (exact) mass is 271 g/mol. The zero-order chi connectivity index (χ0) is 14.1. The van der Waals surface area contributed by atoms with Gasteiger partial charge in [0.1, 0.15) is 11.8 Å². The Morgan fingerprint density at radius 1 is 1.20 bits per heavy atom. The number of hydrogen-bond donors (Lipinski definition) is 0. The van der Waals surface area contributed by atoms with Gasteiger partial charge in [0.05, 0.1) is 16.5 Å². The van der Waals surface area contributed by atoms with E-state index in [1.54, 1.807) is 36.4 Å². The maximum Gasteiger partial charge on any atom is 0.230 e. The average Bonchev–Trinajstić information content (AvgIpc) is 2.47. The number of para-hydroxylation sites is 1. The molecule has 0 aliphatic heterocycles. The number of pyridine rings is 1. The lowest BCUT2D eigenvalue weighted by molar-refractivity contribution is 0.313. The van der Waals surface area contributed by atoms with E-state index in [0.29, 0.717) is 28.5 Å². The number of rotatable bonds is 3. The van der Waals surface area contributed by atoms with Crippen molar-refractivity contribution in [2.45, 2.75) is 25.9 Å². The third-order valence-corrected chi connectivity index (χ3v) is 3.33. The third kappa shape index (κ3) is 2.07. The molecule has 3 aromatic rings. The fourth-order valence-electron chi connectivity index (χ4n) is 2.27. The smallest absolute Gasteiger partial charge is 0.230 e. The predicted octanol–water partition coefficient (Wildman–Crippen LogP) is 4.15. The predicted molar refractivity (Wildman–Crippen MR) is 76.5 cm³/mol. The largest absolute Gasteiger partial charge is 0.437 e. The van der Waals surface area contributed by atoms with Crippen molar-refractivity contribution in [2.75, 3.05) is 0 Å². The van der Waals surface area contributed by atoms with Gasteiger partial charge in [-0.2, -0.15) is 0 Å². The Morgan fingerprint density at radius 2 is 2.00 bits per heavy atom. The average molecular weight is 271 g/mol. The molecule has 2 aromatic heterocycles. The number of halogens is 1. The molecule has 0 saturated heterocycles. The second kappa shape index (κ2) is 5.04. The molecule has 4 heteroatoms. The molecule has 20 heavy (non-hydrogen) atoms. The molecule has 1 unspecified atom stereocenters. The summed E-state index contributed by atoms with van der Waals surface area (Å²) in [5.41, 5.74) is 0.857. The van der Waals surface area contributed by atoms with Crippen molar-refractivity contribution in [2.24, 2.45) is 0 Å². The van der Waals surface area contributed by atoms with Crippen LogP contribution in [0.1, 0.15) is 31.6 Å². The molecule has 0 spiro atoms. The molecule has 0 radical (unpaired) electrons. The Hall–Kier alpha value is -2.23. The van der Waals surface area contributed by atoms with E-state index < -0.39 is 6.17 Å². The number of aromatic nitrogens is 1. The van der Waals surface area contributed by atoms with E-state index in [-0.39, 0.29) is 11.1 Å². The molecule has 2 heterocycles. The summed E-state index contributed by atoms with van der Waals surface area (Å²) in [7, 11) is 0. The second-order valence-corrected chi connectivity index (χ2v) is 4.77. The Morgan fingerprint density at radius 3 is 2.80 bits per heavy atom. The first kappa shape index (κ1) is 12.8. The first-order valence-corrected chi connectivity index (χ1v) is 6.67. The van der Waals surface area contributed by atoms with Gasteiger partial charge in [-0.15, -0.1) is 0 Å². The Labute approximate surface area is 115 Å². The second-order valence-electron chi connectivity index (χ2n) is 4.77. The van der Waals surface area contributed by atoms with Crippen molar-refractivity contribution in [3.05, 3.63) is 52.3 Å². The fourth-order valence-corrected chi connectivity index (χ4v) is 2.27. The van der Waals surface area contributed by atoms with Crippen LogP contribution < -0.4 is 5.43 Å². The summed E-state index contributed by atoms with van der Waals surface area (Å²) in [5.74, 6) is 0. The standard InChI is InChI=1S/C16H14FNO2/c1-2-5-12(17)13-9-8-11-15(19)10-6-3-4-7-14(10)20-16(11)18-13/h3-4,6-9,12H,2,5H2,1H3. The van der Waals surface area contributed by atoms with E-state index in [4.69, 9.17) is 4.42 Å². The molecule has 0 aliphatic rings. The first-order valence-electron chi connectivity index (χ1n) is 6.67. The van der Waals surface area contributed by atoms with E-state index in [0.717, 1.165) is 6.42 Å². The van der Waals surface area contributed by atoms with Gasteiger partial charge in [0, 0.05) is 0 Å². The van der Waals surface area contributed by atoms with E-state index in [1.807, 2.05) is 6.92 Å². The maximum atomic E-state index is 13.9. The lowest BCUT2D eigenvalue weighted by Gasteiger charge is -2.07. The van der Waals surface area contributed by atoms with Crippen LogP contribution in [0, 0.1) is 0 Å². The van der Waals surface area contributed by atoms with Gasteiger partial charge in [0.2, 0.25) is 11.1 Å². The minimum Gasteiger partial charge on any atom is -0.437 e. The quantitative estimate of drug-likeness (QED) is 0.672. The number of benzene rings is 1. The van der Waals surface area contributed by atoms with Crippen molar-refractivity contribution in [3.8, 4) is 0 Å². The van der Waals surface area contributed by atoms with Gasteiger partial charge in [-0.3, -0.25) is 4.79 Å². The van der Waals surface area contributed by atoms with Crippen LogP contribution in [-0.2, 0) is 0 Å². The van der Waals surface area contributed by atoms with Gasteiger partial charge in [0.15, 0.2) is 0 Å².